The summed E-state index contributed by atoms with van der Waals surface area (Å²) < 4.78 is 19.9. The maximum Gasteiger partial charge on any atom is 0.263 e. The van der Waals surface area contributed by atoms with Gasteiger partial charge >= 0.3 is 0 Å². The molecular formula is C32H35N5O4. The van der Waals surface area contributed by atoms with Gasteiger partial charge in [0.1, 0.15) is 11.3 Å². The summed E-state index contributed by atoms with van der Waals surface area (Å²) in [6.45, 7) is 8.78. The van der Waals surface area contributed by atoms with Gasteiger partial charge in [-0.05, 0) is 55.8 Å². The number of hydrogen-bond donors (Lipinski definition) is 1. The number of benzene rings is 2. The Morgan fingerprint density at radius 2 is 1.93 bits per heavy atom. The van der Waals surface area contributed by atoms with E-state index in [-0.39, 0.29) is 5.78 Å². The number of morpholine rings is 1. The van der Waals surface area contributed by atoms with Crippen LogP contribution in [0.25, 0.3) is 22.0 Å². The zero-order valence-corrected chi connectivity index (χ0v) is 23.3. The molecule has 0 atom stereocenters. The van der Waals surface area contributed by atoms with E-state index in [9.17, 15) is 4.79 Å². The minimum absolute atomic E-state index is 0.220. The van der Waals surface area contributed by atoms with Gasteiger partial charge in [0, 0.05) is 50.7 Å². The SMILES string of the molecule is Cc1c(C(=O)c2nc3ccccc3n2CCN2CCOCC2)oc2cccc(OCCCNCc3cccnc3)c12. The maximum absolute atomic E-state index is 14.0. The number of aromatic nitrogens is 3. The number of aryl methyl sites for hydroxylation is 1. The highest BCUT2D eigenvalue weighted by Crippen LogP contribution is 2.34. The van der Waals surface area contributed by atoms with E-state index in [0.29, 0.717) is 30.3 Å². The van der Waals surface area contributed by atoms with E-state index in [1.165, 1.54) is 0 Å². The summed E-state index contributed by atoms with van der Waals surface area (Å²) in [5, 5.41) is 4.25. The summed E-state index contributed by atoms with van der Waals surface area (Å²) in [5.74, 6) is 1.19. The van der Waals surface area contributed by atoms with E-state index in [1.54, 1.807) is 6.20 Å². The van der Waals surface area contributed by atoms with E-state index in [0.717, 1.165) is 85.7 Å². The van der Waals surface area contributed by atoms with Gasteiger partial charge in [-0.25, -0.2) is 4.98 Å². The third-order valence-electron chi connectivity index (χ3n) is 7.53. The normalized spacial score (nSPS) is 14.2. The van der Waals surface area contributed by atoms with Crippen LogP contribution < -0.4 is 10.1 Å². The van der Waals surface area contributed by atoms with Gasteiger partial charge in [0.15, 0.2) is 11.6 Å². The lowest BCUT2D eigenvalue weighted by molar-refractivity contribution is 0.0364. The highest BCUT2D eigenvalue weighted by atomic mass is 16.5. The Bertz CT molecular complexity index is 1620. The number of ether oxygens (including phenoxy) is 2. The summed E-state index contributed by atoms with van der Waals surface area (Å²) in [6.07, 6.45) is 4.48. The first kappa shape index (κ1) is 27.1. The number of rotatable bonds is 12. The minimum atomic E-state index is -0.220. The Labute approximate surface area is 239 Å². The van der Waals surface area contributed by atoms with Crippen molar-refractivity contribution in [3.8, 4) is 5.75 Å². The van der Waals surface area contributed by atoms with E-state index >= 15 is 0 Å². The van der Waals surface area contributed by atoms with Gasteiger partial charge in [0.05, 0.1) is 36.2 Å². The van der Waals surface area contributed by atoms with Gasteiger partial charge in [-0.1, -0.05) is 24.3 Å². The molecule has 4 heterocycles. The Hall–Kier alpha value is -4.05. The lowest BCUT2D eigenvalue weighted by atomic mass is 10.1. The molecule has 0 unspecified atom stereocenters. The molecule has 0 amide bonds. The van der Waals surface area contributed by atoms with Crippen LogP contribution in [0.4, 0.5) is 0 Å². The number of fused-ring (bicyclic) bond motifs is 2. The molecule has 6 rings (SSSR count). The van der Waals surface area contributed by atoms with Gasteiger partial charge in [-0.3, -0.25) is 14.7 Å². The minimum Gasteiger partial charge on any atom is -0.493 e. The summed E-state index contributed by atoms with van der Waals surface area (Å²) in [7, 11) is 0. The van der Waals surface area contributed by atoms with Gasteiger partial charge in [-0.2, -0.15) is 0 Å². The summed E-state index contributed by atoms with van der Waals surface area (Å²) in [4.78, 5) is 25.2. The van der Waals surface area contributed by atoms with E-state index < -0.39 is 0 Å². The summed E-state index contributed by atoms with van der Waals surface area (Å²) >= 11 is 0. The largest absolute Gasteiger partial charge is 0.493 e. The van der Waals surface area contributed by atoms with Crippen molar-refractivity contribution in [1.29, 1.82) is 0 Å². The molecular weight excluding hydrogens is 518 g/mol. The molecule has 0 bridgehead atoms. The fourth-order valence-corrected chi connectivity index (χ4v) is 5.36. The molecule has 1 aliphatic heterocycles. The van der Waals surface area contributed by atoms with Crippen LogP contribution in [0.5, 0.6) is 5.75 Å². The third-order valence-corrected chi connectivity index (χ3v) is 7.53. The molecule has 1 N–H and O–H groups in total. The number of imidazole rings is 1. The highest BCUT2D eigenvalue weighted by molar-refractivity contribution is 6.10. The molecule has 0 saturated carbocycles. The molecule has 0 aliphatic carbocycles. The smallest absolute Gasteiger partial charge is 0.263 e. The first-order valence-corrected chi connectivity index (χ1v) is 14.2. The van der Waals surface area contributed by atoms with Crippen molar-refractivity contribution in [2.24, 2.45) is 0 Å². The van der Waals surface area contributed by atoms with E-state index in [2.05, 4.69) is 21.3 Å². The molecule has 212 valence electrons. The molecule has 5 aromatic rings. The molecule has 41 heavy (non-hydrogen) atoms. The van der Waals surface area contributed by atoms with Crippen LogP contribution in [-0.2, 0) is 17.8 Å². The number of nitrogens with one attached hydrogen (secondary N) is 1. The molecule has 1 aliphatic rings. The Morgan fingerprint density at radius 3 is 2.78 bits per heavy atom. The standard InChI is InChI=1S/C32H35N5O4/c1-23-29-27(40-18-6-13-34-22-24-7-5-12-33-21-24)10-4-11-28(29)41-31(23)30(38)32-35-25-8-2-3-9-26(25)37(32)15-14-36-16-19-39-20-17-36/h2-5,7-12,21,34H,6,13-20,22H2,1H3. The molecule has 3 aromatic heterocycles. The van der Waals surface area contributed by atoms with E-state index in [1.807, 2.05) is 66.2 Å². The van der Waals surface area contributed by atoms with Crippen molar-refractivity contribution in [3.63, 3.8) is 0 Å². The van der Waals surface area contributed by atoms with E-state index in [4.69, 9.17) is 18.9 Å². The molecule has 9 heteroatoms. The second-order valence-electron chi connectivity index (χ2n) is 10.3. The number of furan rings is 1. The fraction of sp³-hybridized carbons (Fsp3) is 0.344. The number of carbonyl (C=O) groups is 1. The van der Waals surface area contributed by atoms with Gasteiger partial charge in [0.2, 0.25) is 0 Å². The van der Waals surface area contributed by atoms with Crippen LogP contribution in [0.3, 0.4) is 0 Å². The van der Waals surface area contributed by atoms with Crippen LogP contribution in [0, 0.1) is 6.92 Å². The fourth-order valence-electron chi connectivity index (χ4n) is 5.36. The van der Waals surface area contributed by atoms with Crippen molar-refractivity contribution in [2.75, 3.05) is 46.0 Å². The molecule has 2 aromatic carbocycles. The second kappa shape index (κ2) is 12.6. The zero-order valence-electron chi connectivity index (χ0n) is 23.3. The van der Waals surface area contributed by atoms with Crippen molar-refractivity contribution in [2.45, 2.75) is 26.4 Å². The van der Waals surface area contributed by atoms with Crippen LogP contribution in [0.2, 0.25) is 0 Å². The Morgan fingerprint density at radius 1 is 1.05 bits per heavy atom. The van der Waals surface area contributed by atoms with Crippen LogP contribution in [0.1, 0.15) is 33.9 Å². The highest BCUT2D eigenvalue weighted by Gasteiger charge is 2.26. The average molecular weight is 554 g/mol. The number of carbonyl (C=O) groups excluding carboxylic acids is 1. The number of ketones is 1. The van der Waals surface area contributed by atoms with Crippen molar-refractivity contribution < 1.29 is 18.7 Å². The van der Waals surface area contributed by atoms with Crippen LogP contribution >= 0.6 is 0 Å². The quantitative estimate of drug-likeness (QED) is 0.177. The molecule has 0 radical (unpaired) electrons. The van der Waals surface area contributed by atoms with Crippen LogP contribution in [-0.4, -0.2) is 71.2 Å². The van der Waals surface area contributed by atoms with Gasteiger partial charge < -0.3 is 23.8 Å². The molecule has 1 fully saturated rings. The lowest BCUT2D eigenvalue weighted by Crippen LogP contribution is -2.38. The molecule has 0 spiro atoms. The topological polar surface area (TPSA) is 94.7 Å². The number of hydrogen-bond acceptors (Lipinski definition) is 8. The number of nitrogens with zero attached hydrogens (tertiary/aromatic N) is 4. The predicted octanol–water partition coefficient (Wildman–Crippen LogP) is 4.61. The number of para-hydroxylation sites is 2. The monoisotopic (exact) mass is 553 g/mol. The lowest BCUT2D eigenvalue weighted by Gasteiger charge is -2.26. The van der Waals surface area contributed by atoms with Gasteiger partial charge in [-0.15, -0.1) is 0 Å². The second-order valence-corrected chi connectivity index (χ2v) is 10.3. The Balaban J connectivity index is 1.18. The maximum atomic E-state index is 14.0. The third kappa shape index (κ3) is 6.02. The van der Waals surface area contributed by atoms with Crippen LogP contribution in [0.15, 0.2) is 71.4 Å². The van der Waals surface area contributed by atoms with Crippen molar-refractivity contribution in [1.82, 2.24) is 24.8 Å². The average Bonchev–Trinajstić information content (AvgIpc) is 3.56. The first-order valence-electron chi connectivity index (χ1n) is 14.2. The summed E-state index contributed by atoms with van der Waals surface area (Å²) in [6, 6.07) is 17.6. The van der Waals surface area contributed by atoms with Gasteiger partial charge in [0.25, 0.3) is 5.78 Å². The van der Waals surface area contributed by atoms with Crippen molar-refractivity contribution >= 4 is 27.8 Å². The summed E-state index contributed by atoms with van der Waals surface area (Å²) in [5.41, 5.74) is 4.29. The zero-order chi connectivity index (χ0) is 28.0. The predicted molar refractivity (Wildman–Crippen MR) is 157 cm³/mol. The first-order chi connectivity index (χ1) is 20.2. The van der Waals surface area contributed by atoms with Crippen molar-refractivity contribution in [3.05, 3.63) is 89.7 Å². The number of pyridine rings is 1. The molecule has 9 nitrogen and oxygen atoms in total. The molecule has 1 saturated heterocycles. The Kier molecular flexibility index (Phi) is 8.36.